The maximum atomic E-state index is 6.24. The van der Waals surface area contributed by atoms with Crippen molar-refractivity contribution in [3.63, 3.8) is 0 Å². The van der Waals surface area contributed by atoms with Crippen molar-refractivity contribution in [1.29, 1.82) is 0 Å². The van der Waals surface area contributed by atoms with Crippen molar-refractivity contribution < 1.29 is 4.57 Å². The number of aromatic nitrogens is 1. The second-order valence-electron chi connectivity index (χ2n) is 4.51. The molecule has 1 aromatic heterocycles. The molecule has 0 atom stereocenters. The van der Waals surface area contributed by atoms with E-state index in [9.17, 15) is 0 Å². The molecule has 19 heavy (non-hydrogen) atoms. The first-order valence-electron chi connectivity index (χ1n) is 6.01. The monoisotopic (exact) mass is 277 g/mol. The molecule has 1 heterocycles. The quantitative estimate of drug-likeness (QED) is 0.665. The van der Waals surface area contributed by atoms with Gasteiger partial charge in [0.1, 0.15) is 0 Å². The highest BCUT2D eigenvalue weighted by atomic mass is 35.5. The van der Waals surface area contributed by atoms with E-state index in [-0.39, 0.29) is 0 Å². The number of hydrazine groups is 1. The summed E-state index contributed by atoms with van der Waals surface area (Å²) in [5, 5.41) is 0.678. The number of pyridine rings is 1. The molecular weight excluding hydrogens is 260 g/mol. The Morgan fingerprint density at radius 2 is 1.89 bits per heavy atom. The second-order valence-corrected chi connectivity index (χ2v) is 4.91. The fraction of sp³-hybridized carbons (Fsp3) is 0.214. The summed E-state index contributed by atoms with van der Waals surface area (Å²) in [5.74, 6) is 0.954. The minimum Gasteiger partial charge on any atom is -0.378 e. The summed E-state index contributed by atoms with van der Waals surface area (Å²) in [4.78, 5) is 2.01. The first kappa shape index (κ1) is 13.5. The zero-order valence-electron chi connectivity index (χ0n) is 11.3. The van der Waals surface area contributed by atoms with Crippen LogP contribution in [0.25, 0.3) is 0 Å². The molecule has 0 bridgehead atoms. The van der Waals surface area contributed by atoms with E-state index >= 15 is 0 Å². The van der Waals surface area contributed by atoms with E-state index < -0.39 is 0 Å². The summed E-state index contributed by atoms with van der Waals surface area (Å²) >= 11 is 6.24. The Morgan fingerprint density at radius 1 is 1.11 bits per heavy atom. The highest BCUT2D eigenvalue weighted by Crippen LogP contribution is 2.26. The second kappa shape index (κ2) is 5.80. The third-order valence-corrected chi connectivity index (χ3v) is 3.16. The maximum Gasteiger partial charge on any atom is 0.297 e. The van der Waals surface area contributed by atoms with Gasteiger partial charge in [0.25, 0.3) is 5.82 Å². The lowest BCUT2D eigenvalue weighted by Gasteiger charge is -2.14. The zero-order chi connectivity index (χ0) is 13.8. The van der Waals surface area contributed by atoms with Crippen LogP contribution in [0.15, 0.2) is 42.6 Å². The molecule has 0 spiro atoms. The van der Waals surface area contributed by atoms with E-state index in [4.69, 9.17) is 11.6 Å². The van der Waals surface area contributed by atoms with Gasteiger partial charge in [-0.1, -0.05) is 17.7 Å². The lowest BCUT2D eigenvalue weighted by atomic mass is 10.2. The number of hydrogen-bond acceptors (Lipinski definition) is 3. The molecule has 0 saturated carbocycles. The van der Waals surface area contributed by atoms with Crippen molar-refractivity contribution in [2.75, 3.05) is 29.8 Å². The Labute approximate surface area is 118 Å². The van der Waals surface area contributed by atoms with E-state index in [1.54, 1.807) is 0 Å². The summed E-state index contributed by atoms with van der Waals surface area (Å²) in [6.45, 7) is 0. The molecule has 0 aliphatic carbocycles. The standard InChI is InChI=1S/C14H17ClN4/c1-18(2)11-7-8-13(12(15)10-11)16-17-14-6-4-5-9-19(14)3/h4-10,16H,1-3H3/p+1. The maximum absolute atomic E-state index is 6.24. The topological polar surface area (TPSA) is 31.2 Å². The SMILES string of the molecule is CN(C)c1ccc(NNc2cccc[n+]2C)c(Cl)c1. The first-order chi connectivity index (χ1) is 9.08. The zero-order valence-corrected chi connectivity index (χ0v) is 12.1. The van der Waals surface area contributed by atoms with Crippen molar-refractivity contribution in [2.45, 2.75) is 0 Å². The minimum absolute atomic E-state index is 0.678. The van der Waals surface area contributed by atoms with E-state index in [0.717, 1.165) is 17.2 Å². The summed E-state index contributed by atoms with van der Waals surface area (Å²) in [6.07, 6.45) is 1.97. The summed E-state index contributed by atoms with van der Waals surface area (Å²) in [5.41, 5.74) is 8.16. The van der Waals surface area contributed by atoms with E-state index in [1.165, 1.54) is 0 Å². The molecule has 0 aliphatic heterocycles. The van der Waals surface area contributed by atoms with Gasteiger partial charge in [-0.25, -0.2) is 9.99 Å². The normalized spacial score (nSPS) is 10.1. The molecule has 0 radical (unpaired) electrons. The Kier molecular flexibility index (Phi) is 4.12. The minimum atomic E-state index is 0.678. The third-order valence-electron chi connectivity index (χ3n) is 2.85. The van der Waals surface area contributed by atoms with Crippen molar-refractivity contribution in [3.05, 3.63) is 47.6 Å². The fourth-order valence-electron chi connectivity index (χ4n) is 1.67. The van der Waals surface area contributed by atoms with Gasteiger partial charge in [-0.3, -0.25) is 0 Å². The van der Waals surface area contributed by atoms with Gasteiger partial charge < -0.3 is 4.90 Å². The Bertz CT molecular complexity index is 569. The number of nitrogens with one attached hydrogen (secondary N) is 2. The molecule has 2 aromatic rings. The highest BCUT2D eigenvalue weighted by Gasteiger charge is 2.07. The number of rotatable bonds is 4. The lowest BCUT2D eigenvalue weighted by molar-refractivity contribution is -0.657. The van der Waals surface area contributed by atoms with Crippen LogP contribution in [0.3, 0.4) is 0 Å². The van der Waals surface area contributed by atoms with Gasteiger partial charge in [-0.15, -0.1) is 0 Å². The molecule has 0 saturated heterocycles. The van der Waals surface area contributed by atoms with Crippen LogP contribution >= 0.6 is 11.6 Å². The number of aryl methyl sites for hydroxylation is 1. The van der Waals surface area contributed by atoms with Crippen LogP contribution in [0.1, 0.15) is 0 Å². The highest BCUT2D eigenvalue weighted by molar-refractivity contribution is 6.33. The van der Waals surface area contributed by atoms with Crippen LogP contribution < -0.4 is 20.3 Å². The van der Waals surface area contributed by atoms with Crippen LogP contribution in [0, 0.1) is 0 Å². The molecule has 0 amide bonds. The van der Waals surface area contributed by atoms with E-state index in [0.29, 0.717) is 5.02 Å². The predicted molar refractivity (Wildman–Crippen MR) is 80.6 cm³/mol. The van der Waals surface area contributed by atoms with Crippen LogP contribution in [0.2, 0.25) is 5.02 Å². The van der Waals surface area contributed by atoms with Crippen molar-refractivity contribution in [2.24, 2.45) is 7.05 Å². The average molecular weight is 278 g/mol. The van der Waals surface area contributed by atoms with E-state index in [2.05, 4.69) is 10.9 Å². The molecule has 2 rings (SSSR count). The van der Waals surface area contributed by atoms with Crippen LogP contribution in [0.4, 0.5) is 17.2 Å². The van der Waals surface area contributed by atoms with Gasteiger partial charge in [0, 0.05) is 25.8 Å². The summed E-state index contributed by atoms with van der Waals surface area (Å²) in [7, 11) is 5.95. The van der Waals surface area contributed by atoms with Gasteiger partial charge >= 0.3 is 0 Å². The van der Waals surface area contributed by atoms with Gasteiger partial charge in [0.15, 0.2) is 0 Å². The van der Waals surface area contributed by atoms with Crippen LogP contribution in [-0.2, 0) is 7.05 Å². The van der Waals surface area contributed by atoms with Crippen molar-refractivity contribution >= 4 is 28.8 Å². The molecule has 100 valence electrons. The molecule has 4 nitrogen and oxygen atoms in total. The Morgan fingerprint density at radius 3 is 2.53 bits per heavy atom. The molecule has 0 unspecified atom stereocenters. The smallest absolute Gasteiger partial charge is 0.297 e. The van der Waals surface area contributed by atoms with Crippen molar-refractivity contribution in [1.82, 2.24) is 0 Å². The number of nitrogens with zero attached hydrogens (tertiary/aromatic N) is 2. The molecule has 2 N–H and O–H groups in total. The van der Waals surface area contributed by atoms with Crippen molar-refractivity contribution in [3.8, 4) is 0 Å². The summed E-state index contributed by atoms with van der Waals surface area (Å²) in [6, 6.07) is 11.8. The summed E-state index contributed by atoms with van der Waals surface area (Å²) < 4.78 is 1.98. The fourth-order valence-corrected chi connectivity index (χ4v) is 1.89. The largest absolute Gasteiger partial charge is 0.378 e. The third kappa shape index (κ3) is 3.29. The Hall–Kier alpha value is -1.94. The molecule has 1 aromatic carbocycles. The molecule has 0 aliphatic rings. The number of hydrogen-bond donors (Lipinski definition) is 2. The number of halogens is 1. The van der Waals surface area contributed by atoms with Gasteiger partial charge in [0.05, 0.1) is 24.0 Å². The van der Waals surface area contributed by atoms with Crippen LogP contribution in [0.5, 0.6) is 0 Å². The Balaban J connectivity index is 2.10. The molecule has 5 heteroatoms. The number of anilines is 3. The van der Waals surface area contributed by atoms with Gasteiger partial charge in [0.2, 0.25) is 0 Å². The van der Waals surface area contributed by atoms with Crippen LogP contribution in [-0.4, -0.2) is 14.1 Å². The number of benzene rings is 1. The van der Waals surface area contributed by atoms with Gasteiger partial charge in [-0.05, 0) is 24.3 Å². The molecular formula is C14H18ClN4+. The first-order valence-corrected chi connectivity index (χ1v) is 6.39. The van der Waals surface area contributed by atoms with E-state index in [1.807, 2.05) is 73.2 Å². The lowest BCUT2D eigenvalue weighted by Crippen LogP contribution is -2.33. The van der Waals surface area contributed by atoms with Gasteiger partial charge in [-0.2, -0.15) is 5.43 Å². The predicted octanol–water partition coefficient (Wildman–Crippen LogP) is 2.67. The molecule has 0 fully saturated rings. The average Bonchev–Trinajstić information content (AvgIpc) is 2.39.